The van der Waals surface area contributed by atoms with Gasteiger partial charge in [-0.1, -0.05) is 25.3 Å². The van der Waals surface area contributed by atoms with Crippen molar-refractivity contribution in [3.8, 4) is 17.0 Å². The number of rotatable bonds is 6. The molecule has 1 aromatic heterocycles. The van der Waals surface area contributed by atoms with Gasteiger partial charge in [-0.25, -0.2) is 4.72 Å². The second-order valence-corrected chi connectivity index (χ2v) is 15.8. The number of fused-ring (bicyclic) bond motifs is 9. The zero-order chi connectivity index (χ0) is 31.2. The van der Waals surface area contributed by atoms with E-state index < -0.39 is 21.5 Å². The predicted octanol–water partition coefficient (Wildman–Crippen LogP) is 3.96. The molecule has 5 aliphatic rings. The van der Waals surface area contributed by atoms with E-state index in [0.29, 0.717) is 18.5 Å². The largest absolute Gasteiger partial charge is 0.497 e. The van der Waals surface area contributed by atoms with Crippen molar-refractivity contribution in [1.82, 2.24) is 23.8 Å². The Labute approximate surface area is 264 Å². The van der Waals surface area contributed by atoms with Gasteiger partial charge in [0.15, 0.2) is 0 Å². The van der Waals surface area contributed by atoms with Crippen LogP contribution in [0.2, 0.25) is 0 Å². The fourth-order valence-corrected chi connectivity index (χ4v) is 9.32. The number of hydrogen-bond donors (Lipinski definition) is 2. The topological polar surface area (TPSA) is 113 Å². The third-order valence-electron chi connectivity index (χ3n) is 11.2. The predicted molar refractivity (Wildman–Crippen MR) is 172 cm³/mol. The molecule has 238 valence electrons. The molecule has 2 aromatic carbocycles. The molecule has 2 amide bonds. The van der Waals surface area contributed by atoms with Gasteiger partial charge in [-0.15, -0.1) is 0 Å². The number of carbonyl (C=O) groups is 2. The Kier molecular flexibility index (Phi) is 6.64. The highest BCUT2D eigenvalue weighted by Crippen LogP contribution is 2.66. The van der Waals surface area contributed by atoms with Crippen molar-refractivity contribution in [2.45, 2.75) is 75.4 Å². The molecule has 3 aromatic rings. The molecule has 4 heterocycles. The number of likely N-dealkylation sites (tertiary alicyclic amines) is 1. The van der Waals surface area contributed by atoms with E-state index in [2.05, 4.69) is 31.6 Å². The Morgan fingerprint density at radius 2 is 1.89 bits per heavy atom. The van der Waals surface area contributed by atoms with Gasteiger partial charge in [-0.2, -0.15) is 12.7 Å². The molecule has 2 saturated carbocycles. The fourth-order valence-electron chi connectivity index (χ4n) is 8.79. The second-order valence-electron chi connectivity index (χ2n) is 14.0. The Hall–Kier alpha value is -3.41. The molecule has 8 rings (SSSR count). The molecule has 4 fully saturated rings. The number of methoxy groups -OCH3 is 1. The van der Waals surface area contributed by atoms with Crippen molar-refractivity contribution in [2.24, 2.45) is 5.41 Å². The first kappa shape index (κ1) is 29.0. The van der Waals surface area contributed by atoms with Gasteiger partial charge in [-0.05, 0) is 73.1 Å². The Balaban J connectivity index is 1.33. The fraction of sp³-hybridized carbons (Fsp3) is 0.529. The molecular formula is C34H41N5O5S. The molecule has 11 heteroatoms. The number of nitrogens with zero attached hydrogens (tertiary/aromatic N) is 3. The number of amides is 2. The zero-order valence-corrected chi connectivity index (χ0v) is 27.0. The first-order valence-electron chi connectivity index (χ1n) is 16.2. The van der Waals surface area contributed by atoms with E-state index in [9.17, 15) is 18.0 Å². The van der Waals surface area contributed by atoms with Gasteiger partial charge < -0.3 is 19.5 Å². The highest BCUT2D eigenvalue weighted by molar-refractivity contribution is 7.87. The summed E-state index contributed by atoms with van der Waals surface area (Å²) in [5, 5.41) is 4.61. The summed E-state index contributed by atoms with van der Waals surface area (Å²) in [7, 11) is 0.505. The second kappa shape index (κ2) is 10.3. The van der Waals surface area contributed by atoms with Crippen LogP contribution < -0.4 is 14.8 Å². The summed E-state index contributed by atoms with van der Waals surface area (Å²) >= 11 is 0. The van der Waals surface area contributed by atoms with Crippen molar-refractivity contribution in [3.63, 3.8) is 0 Å². The minimum Gasteiger partial charge on any atom is -0.497 e. The molecule has 10 nitrogen and oxygen atoms in total. The van der Waals surface area contributed by atoms with Crippen molar-refractivity contribution in [2.75, 3.05) is 34.3 Å². The minimum absolute atomic E-state index is 0.0769. The normalized spacial score (nSPS) is 27.2. The molecule has 3 aliphatic heterocycles. The number of aromatic nitrogens is 1. The van der Waals surface area contributed by atoms with Crippen LogP contribution in [-0.2, 0) is 21.5 Å². The standard InChI is InChI=1S/C34H41N5O5S/c1-37(2)45(42,43)36-32(40)21-9-11-26-29(13-21)39-19-34(33(41)38-18-22-14-23(38)17-35-22)16-28(34)27-15-24(44-3)10-12-25(27)31(39)30(26)20-7-5-4-6-8-20/h9-13,15,20,22-23,28,35H,4-8,14,16-19H2,1-3H3,(H,36,40)/t22-,23+,28?,34?/m0/s1. The minimum atomic E-state index is -3.96. The quantitative estimate of drug-likeness (QED) is 0.426. The van der Waals surface area contributed by atoms with Crippen LogP contribution in [0.15, 0.2) is 36.4 Å². The number of piperazine rings is 1. The van der Waals surface area contributed by atoms with E-state index in [4.69, 9.17) is 4.74 Å². The number of hydrogen-bond acceptors (Lipinski definition) is 6. The van der Waals surface area contributed by atoms with Crippen LogP contribution in [0.25, 0.3) is 22.2 Å². The monoisotopic (exact) mass is 631 g/mol. The highest BCUT2D eigenvalue weighted by atomic mass is 32.2. The zero-order valence-electron chi connectivity index (χ0n) is 26.1. The summed E-state index contributed by atoms with van der Waals surface area (Å²) in [6, 6.07) is 12.5. The third kappa shape index (κ3) is 4.45. The lowest BCUT2D eigenvalue weighted by Gasteiger charge is -2.32. The molecule has 4 atom stereocenters. The summed E-state index contributed by atoms with van der Waals surface area (Å²) in [5.74, 6) is 0.789. The number of carbonyl (C=O) groups excluding carboxylic acids is 2. The lowest BCUT2D eigenvalue weighted by molar-refractivity contribution is -0.139. The van der Waals surface area contributed by atoms with Crippen LogP contribution >= 0.6 is 0 Å². The lowest BCUT2D eigenvalue weighted by atomic mass is 9.81. The lowest BCUT2D eigenvalue weighted by Crippen LogP contribution is -2.50. The van der Waals surface area contributed by atoms with E-state index in [1.165, 1.54) is 44.5 Å². The molecule has 0 spiro atoms. The summed E-state index contributed by atoms with van der Waals surface area (Å²) in [6.45, 7) is 2.12. The maximum Gasteiger partial charge on any atom is 0.303 e. The van der Waals surface area contributed by atoms with Gasteiger partial charge in [0, 0.05) is 73.8 Å². The van der Waals surface area contributed by atoms with Crippen LogP contribution in [0, 0.1) is 5.41 Å². The maximum absolute atomic E-state index is 14.6. The summed E-state index contributed by atoms with van der Waals surface area (Å²) in [5.41, 5.74) is 5.30. The van der Waals surface area contributed by atoms with Crippen molar-refractivity contribution in [1.29, 1.82) is 0 Å². The molecule has 2 unspecified atom stereocenters. The van der Waals surface area contributed by atoms with Gasteiger partial charge in [0.1, 0.15) is 5.75 Å². The van der Waals surface area contributed by atoms with E-state index in [1.807, 2.05) is 18.2 Å². The number of nitrogens with one attached hydrogen (secondary N) is 2. The van der Waals surface area contributed by atoms with Crippen LogP contribution in [0.4, 0.5) is 0 Å². The van der Waals surface area contributed by atoms with Gasteiger partial charge in [-0.3, -0.25) is 9.59 Å². The van der Waals surface area contributed by atoms with Crippen LogP contribution in [0.1, 0.15) is 78.3 Å². The van der Waals surface area contributed by atoms with Crippen LogP contribution in [-0.4, -0.2) is 80.4 Å². The first-order chi connectivity index (χ1) is 21.6. The van der Waals surface area contributed by atoms with Crippen LogP contribution in [0.5, 0.6) is 5.75 Å². The third-order valence-corrected chi connectivity index (χ3v) is 12.6. The number of benzene rings is 2. The summed E-state index contributed by atoms with van der Waals surface area (Å²) in [6.07, 6.45) is 7.55. The van der Waals surface area contributed by atoms with Gasteiger partial charge in [0.25, 0.3) is 5.91 Å². The molecule has 45 heavy (non-hydrogen) atoms. The molecule has 2 bridgehead atoms. The Morgan fingerprint density at radius 3 is 2.58 bits per heavy atom. The highest BCUT2D eigenvalue weighted by Gasteiger charge is 2.65. The van der Waals surface area contributed by atoms with Gasteiger partial charge in [0.05, 0.1) is 18.2 Å². The van der Waals surface area contributed by atoms with Gasteiger partial charge >= 0.3 is 10.2 Å². The van der Waals surface area contributed by atoms with E-state index in [-0.39, 0.29) is 23.4 Å². The summed E-state index contributed by atoms with van der Waals surface area (Å²) in [4.78, 5) is 30.1. The molecule has 2 aliphatic carbocycles. The molecule has 0 radical (unpaired) electrons. The van der Waals surface area contributed by atoms with E-state index in [0.717, 1.165) is 71.0 Å². The van der Waals surface area contributed by atoms with Crippen molar-refractivity contribution < 1.29 is 22.7 Å². The molecule has 2 N–H and O–H groups in total. The van der Waals surface area contributed by atoms with Crippen LogP contribution in [0.3, 0.4) is 0 Å². The summed E-state index contributed by atoms with van der Waals surface area (Å²) < 4.78 is 36.3. The Bertz CT molecular complexity index is 1840. The SMILES string of the molecule is COc1ccc2c(c1)C1CC1(C(=O)N1C[C@@H]3C[C@@H]1CN3)Cn1c-2c(C2CCCCC2)c2ccc(C(=O)NS(=O)(=O)N(C)C)cc21. The maximum atomic E-state index is 14.6. The smallest absolute Gasteiger partial charge is 0.303 e. The molecular weight excluding hydrogens is 590 g/mol. The first-order valence-corrected chi connectivity index (χ1v) is 17.7. The molecule has 2 saturated heterocycles. The van der Waals surface area contributed by atoms with E-state index >= 15 is 0 Å². The van der Waals surface area contributed by atoms with Crippen molar-refractivity contribution >= 4 is 32.9 Å². The van der Waals surface area contributed by atoms with E-state index in [1.54, 1.807) is 13.2 Å². The average Bonchev–Trinajstić information content (AvgIpc) is 3.27. The van der Waals surface area contributed by atoms with Gasteiger partial charge in [0.2, 0.25) is 5.91 Å². The van der Waals surface area contributed by atoms with Crippen molar-refractivity contribution in [3.05, 3.63) is 53.1 Å². The Morgan fingerprint density at radius 1 is 1.09 bits per heavy atom. The average molecular weight is 632 g/mol. The number of ether oxygens (including phenoxy) is 1.